The molecule has 0 aromatic carbocycles. The van der Waals surface area contributed by atoms with Gasteiger partial charge in [0.15, 0.2) is 11.0 Å². The van der Waals surface area contributed by atoms with Gasteiger partial charge < -0.3 is 0 Å². The lowest BCUT2D eigenvalue weighted by molar-refractivity contribution is 0.108. The van der Waals surface area contributed by atoms with Crippen molar-refractivity contribution in [2.75, 3.05) is 0 Å². The molecule has 0 atom stereocenters. The largest absolute Gasteiger partial charge is 0.275 e. The van der Waals surface area contributed by atoms with Crippen molar-refractivity contribution in [2.24, 2.45) is 0 Å². The van der Waals surface area contributed by atoms with Gasteiger partial charge in [0.2, 0.25) is 0 Å². The summed E-state index contributed by atoms with van der Waals surface area (Å²) in [6.07, 6.45) is 0. The first kappa shape index (κ1) is 11.2. The van der Waals surface area contributed by atoms with Gasteiger partial charge in [-0.25, -0.2) is 9.37 Å². The first-order chi connectivity index (χ1) is 5.95. The van der Waals surface area contributed by atoms with Crippen molar-refractivity contribution in [3.05, 3.63) is 26.2 Å². The normalized spacial score (nSPS) is 10.2. The highest BCUT2D eigenvalue weighted by atomic mass is 79.9. The summed E-state index contributed by atoms with van der Waals surface area (Å²) in [6.45, 7) is 0. The molecule has 1 heterocycles. The topological polar surface area (TPSA) is 30.0 Å². The molecule has 7 heteroatoms. The van der Waals surface area contributed by atoms with E-state index in [0.717, 1.165) is 0 Å². The van der Waals surface area contributed by atoms with Crippen LogP contribution < -0.4 is 0 Å². The number of pyridine rings is 1. The Balaban J connectivity index is 3.53. The Hall–Kier alpha value is 0.1000. The number of carbonyl (C=O) groups is 1. The molecule has 0 bridgehead atoms. The molecular formula is C6BrCl3FNO. The number of nitrogens with zero attached hydrogens (tertiary/aromatic N) is 1. The van der Waals surface area contributed by atoms with E-state index in [-0.39, 0.29) is 15.2 Å². The van der Waals surface area contributed by atoms with Gasteiger partial charge in [-0.05, 0) is 27.5 Å². The summed E-state index contributed by atoms with van der Waals surface area (Å²) in [7, 11) is 0. The van der Waals surface area contributed by atoms with Crippen LogP contribution in [0.2, 0.25) is 10.3 Å². The molecule has 1 rings (SSSR count). The van der Waals surface area contributed by atoms with Crippen LogP contribution in [0.3, 0.4) is 0 Å². The lowest BCUT2D eigenvalue weighted by Gasteiger charge is -2.03. The van der Waals surface area contributed by atoms with Gasteiger partial charge in [-0.15, -0.1) is 0 Å². The number of hydrogen-bond donors (Lipinski definition) is 0. The van der Waals surface area contributed by atoms with Crippen molar-refractivity contribution in [3.63, 3.8) is 0 Å². The molecule has 0 saturated heterocycles. The van der Waals surface area contributed by atoms with Gasteiger partial charge in [0, 0.05) is 0 Å². The van der Waals surface area contributed by atoms with Gasteiger partial charge in [0.1, 0.15) is 5.15 Å². The summed E-state index contributed by atoms with van der Waals surface area (Å²) in [6, 6.07) is 0. The molecule has 0 amide bonds. The lowest BCUT2D eigenvalue weighted by Crippen LogP contribution is -1.99. The maximum absolute atomic E-state index is 13.0. The van der Waals surface area contributed by atoms with E-state index in [0.29, 0.717) is 0 Å². The molecule has 13 heavy (non-hydrogen) atoms. The third-order valence-electron chi connectivity index (χ3n) is 1.19. The average Bonchev–Trinajstić information content (AvgIpc) is 1.99. The molecule has 0 aliphatic heterocycles. The number of aromatic nitrogens is 1. The minimum absolute atomic E-state index is 0.183. The van der Waals surface area contributed by atoms with Gasteiger partial charge >= 0.3 is 0 Å². The zero-order valence-electron chi connectivity index (χ0n) is 5.75. The molecule has 2 nitrogen and oxygen atoms in total. The van der Waals surface area contributed by atoms with E-state index in [1.54, 1.807) is 0 Å². The molecule has 70 valence electrons. The van der Waals surface area contributed by atoms with Crippen molar-refractivity contribution >= 4 is 56.0 Å². The summed E-state index contributed by atoms with van der Waals surface area (Å²) in [5.41, 5.74) is -0.231. The zero-order chi connectivity index (χ0) is 10.2. The van der Waals surface area contributed by atoms with Crippen LogP contribution in [0.25, 0.3) is 0 Å². The van der Waals surface area contributed by atoms with Crippen LogP contribution in [0.4, 0.5) is 4.39 Å². The van der Waals surface area contributed by atoms with Crippen molar-refractivity contribution in [1.82, 2.24) is 4.98 Å². The second-order valence-corrected chi connectivity index (χ2v) is 3.82. The summed E-state index contributed by atoms with van der Waals surface area (Å²) in [5, 5.41) is -1.56. The Bertz CT molecular complexity index is 385. The van der Waals surface area contributed by atoms with Crippen LogP contribution in [0, 0.1) is 5.82 Å². The Morgan fingerprint density at radius 1 is 1.38 bits per heavy atom. The molecule has 1 aromatic heterocycles. The minimum Gasteiger partial charge on any atom is -0.275 e. The van der Waals surface area contributed by atoms with Gasteiger partial charge in [0.05, 0.1) is 10.0 Å². The molecule has 0 spiro atoms. The molecule has 0 N–H and O–H groups in total. The van der Waals surface area contributed by atoms with Crippen molar-refractivity contribution < 1.29 is 9.18 Å². The Kier molecular flexibility index (Phi) is 3.51. The third-order valence-corrected chi connectivity index (χ3v) is 2.65. The van der Waals surface area contributed by atoms with E-state index in [4.69, 9.17) is 34.8 Å². The fraction of sp³-hybridized carbons (Fsp3) is 0. The van der Waals surface area contributed by atoms with Gasteiger partial charge in [-0.1, -0.05) is 23.2 Å². The predicted molar refractivity (Wildman–Crippen MR) is 52.1 cm³/mol. The summed E-state index contributed by atoms with van der Waals surface area (Å²) >= 11 is 18.8. The molecular weight excluding hydrogens is 307 g/mol. The third kappa shape index (κ3) is 2.13. The summed E-state index contributed by atoms with van der Waals surface area (Å²) in [5.74, 6) is -0.866. The van der Waals surface area contributed by atoms with Gasteiger partial charge in [-0.3, -0.25) is 4.79 Å². The van der Waals surface area contributed by atoms with Gasteiger partial charge in [-0.2, -0.15) is 0 Å². The van der Waals surface area contributed by atoms with Crippen LogP contribution in [0.1, 0.15) is 10.4 Å². The molecule has 0 aliphatic rings. The predicted octanol–water partition coefficient (Wildman–Crippen LogP) is 3.67. The summed E-state index contributed by atoms with van der Waals surface area (Å²) < 4.78 is 12.8. The first-order valence-corrected chi connectivity index (χ1v) is 4.77. The van der Waals surface area contributed by atoms with Crippen molar-refractivity contribution in [1.29, 1.82) is 0 Å². The van der Waals surface area contributed by atoms with Crippen LogP contribution in [0.15, 0.2) is 4.47 Å². The van der Waals surface area contributed by atoms with E-state index in [1.165, 1.54) is 0 Å². The Labute approximate surface area is 96.1 Å². The molecule has 0 fully saturated rings. The second kappa shape index (κ2) is 4.09. The Morgan fingerprint density at radius 2 is 1.92 bits per heavy atom. The SMILES string of the molecule is O=C(Cl)c1c(Cl)nc(Cl)c(F)c1Br. The maximum atomic E-state index is 13.0. The monoisotopic (exact) mass is 305 g/mol. The zero-order valence-corrected chi connectivity index (χ0v) is 9.60. The van der Waals surface area contributed by atoms with Crippen LogP contribution >= 0.6 is 50.7 Å². The molecule has 1 aromatic rings. The van der Waals surface area contributed by atoms with E-state index >= 15 is 0 Å². The summed E-state index contributed by atoms with van der Waals surface area (Å²) in [4.78, 5) is 14.1. The quantitative estimate of drug-likeness (QED) is 0.585. The standard InChI is InChI=1S/C6BrCl3FNO/c7-2-1(6(10)13)4(8)12-5(9)3(2)11. The highest BCUT2D eigenvalue weighted by molar-refractivity contribution is 9.10. The number of rotatable bonds is 1. The molecule has 0 unspecified atom stereocenters. The van der Waals surface area contributed by atoms with Crippen molar-refractivity contribution in [2.45, 2.75) is 0 Å². The van der Waals surface area contributed by atoms with Crippen LogP contribution in [-0.2, 0) is 0 Å². The first-order valence-electron chi connectivity index (χ1n) is 2.85. The Morgan fingerprint density at radius 3 is 2.38 bits per heavy atom. The van der Waals surface area contributed by atoms with Crippen LogP contribution in [0.5, 0.6) is 0 Å². The van der Waals surface area contributed by atoms with E-state index < -0.39 is 16.2 Å². The fourth-order valence-corrected chi connectivity index (χ4v) is 2.27. The minimum atomic E-state index is -0.903. The van der Waals surface area contributed by atoms with Gasteiger partial charge in [0.25, 0.3) is 5.24 Å². The van der Waals surface area contributed by atoms with Crippen molar-refractivity contribution in [3.8, 4) is 0 Å². The molecule has 0 aliphatic carbocycles. The van der Waals surface area contributed by atoms with E-state index in [1.807, 2.05) is 0 Å². The van der Waals surface area contributed by atoms with E-state index in [2.05, 4.69) is 20.9 Å². The molecule has 0 saturated carbocycles. The highest BCUT2D eigenvalue weighted by Crippen LogP contribution is 2.31. The van der Waals surface area contributed by atoms with E-state index in [9.17, 15) is 9.18 Å². The number of halogens is 5. The second-order valence-electron chi connectivity index (χ2n) is 1.97. The smallest absolute Gasteiger partial charge is 0.256 e. The van der Waals surface area contributed by atoms with Crippen LogP contribution in [-0.4, -0.2) is 10.2 Å². The molecule has 0 radical (unpaired) electrons. The fourth-order valence-electron chi connectivity index (χ4n) is 0.649. The lowest BCUT2D eigenvalue weighted by atomic mass is 10.3. The number of hydrogen-bond acceptors (Lipinski definition) is 2. The number of carbonyl (C=O) groups excluding carboxylic acids is 1. The maximum Gasteiger partial charge on any atom is 0.256 e. The highest BCUT2D eigenvalue weighted by Gasteiger charge is 2.20. The average molecular weight is 307 g/mol.